The molecule has 0 aromatic rings. The number of nitrogens with two attached hydrogens (primary N) is 1. The average molecular weight is 269 g/mol. The van der Waals surface area contributed by atoms with Crippen molar-refractivity contribution in [2.45, 2.75) is 52.5 Å². The zero-order valence-corrected chi connectivity index (χ0v) is 13.0. The third-order valence-corrected chi connectivity index (χ3v) is 4.49. The number of nitrogens with one attached hydrogen (secondary N) is 1. The Labute approximate surface area is 118 Å². The number of carbonyl (C=O) groups excluding carboxylic acids is 1. The summed E-state index contributed by atoms with van der Waals surface area (Å²) < 4.78 is 0. The third-order valence-electron chi connectivity index (χ3n) is 4.49. The van der Waals surface area contributed by atoms with Gasteiger partial charge in [0.1, 0.15) is 0 Å². The van der Waals surface area contributed by atoms with E-state index >= 15 is 0 Å². The molecule has 0 aliphatic carbocycles. The van der Waals surface area contributed by atoms with Crippen LogP contribution in [0.15, 0.2) is 0 Å². The predicted octanol–water partition coefficient (Wildman–Crippen LogP) is 1.60. The standard InChI is InChI=1S/C15H31N3O/c1-5-8-17-15(4,14(16)19)7-10-18-9-6-13(11-18)12(2)3/h12-13,17H,5-11H2,1-4H3,(H2,16,19). The molecule has 3 N–H and O–H groups in total. The first-order chi connectivity index (χ1) is 8.89. The molecule has 1 heterocycles. The minimum Gasteiger partial charge on any atom is -0.368 e. The highest BCUT2D eigenvalue weighted by Crippen LogP contribution is 2.24. The largest absolute Gasteiger partial charge is 0.368 e. The van der Waals surface area contributed by atoms with Crippen LogP contribution >= 0.6 is 0 Å². The fourth-order valence-electron chi connectivity index (χ4n) is 2.69. The van der Waals surface area contributed by atoms with Crippen molar-refractivity contribution in [1.82, 2.24) is 10.2 Å². The first-order valence-corrected chi connectivity index (χ1v) is 7.66. The lowest BCUT2D eigenvalue weighted by molar-refractivity contribution is -0.124. The van der Waals surface area contributed by atoms with Crippen molar-refractivity contribution in [2.75, 3.05) is 26.2 Å². The van der Waals surface area contributed by atoms with Gasteiger partial charge in [0, 0.05) is 13.1 Å². The van der Waals surface area contributed by atoms with Crippen molar-refractivity contribution in [3.05, 3.63) is 0 Å². The van der Waals surface area contributed by atoms with Crippen LogP contribution in [0.4, 0.5) is 0 Å². The zero-order chi connectivity index (χ0) is 14.5. The molecule has 1 saturated heterocycles. The maximum atomic E-state index is 11.6. The van der Waals surface area contributed by atoms with E-state index in [2.05, 4.69) is 31.0 Å². The molecule has 0 radical (unpaired) electrons. The Morgan fingerprint density at radius 2 is 2.21 bits per heavy atom. The molecule has 4 heteroatoms. The van der Waals surface area contributed by atoms with Gasteiger partial charge in [-0.3, -0.25) is 4.79 Å². The van der Waals surface area contributed by atoms with Gasteiger partial charge < -0.3 is 16.0 Å². The number of primary amides is 1. The summed E-state index contributed by atoms with van der Waals surface area (Å²) in [5.41, 5.74) is 4.99. The smallest absolute Gasteiger partial charge is 0.237 e. The average Bonchev–Trinajstić information content (AvgIpc) is 2.82. The van der Waals surface area contributed by atoms with Gasteiger partial charge in [-0.25, -0.2) is 0 Å². The van der Waals surface area contributed by atoms with E-state index in [1.165, 1.54) is 13.0 Å². The van der Waals surface area contributed by atoms with E-state index in [0.717, 1.165) is 44.3 Å². The van der Waals surface area contributed by atoms with E-state index in [1.54, 1.807) is 0 Å². The highest BCUT2D eigenvalue weighted by molar-refractivity contribution is 5.84. The lowest BCUT2D eigenvalue weighted by Crippen LogP contribution is -2.54. The number of rotatable bonds is 8. The summed E-state index contributed by atoms with van der Waals surface area (Å²) in [6.07, 6.45) is 3.10. The van der Waals surface area contributed by atoms with Gasteiger partial charge in [0.2, 0.25) is 5.91 Å². The monoisotopic (exact) mass is 269 g/mol. The van der Waals surface area contributed by atoms with Gasteiger partial charge >= 0.3 is 0 Å². The Balaban J connectivity index is 2.42. The lowest BCUT2D eigenvalue weighted by atomic mass is 9.95. The van der Waals surface area contributed by atoms with Crippen LogP contribution in [0.2, 0.25) is 0 Å². The summed E-state index contributed by atoms with van der Waals surface area (Å²) in [4.78, 5) is 14.1. The molecule has 4 nitrogen and oxygen atoms in total. The number of hydrogen-bond donors (Lipinski definition) is 2. The summed E-state index contributed by atoms with van der Waals surface area (Å²) >= 11 is 0. The lowest BCUT2D eigenvalue weighted by Gasteiger charge is -2.29. The van der Waals surface area contributed by atoms with Crippen LogP contribution in [0.5, 0.6) is 0 Å². The SMILES string of the molecule is CCCNC(C)(CCN1CCC(C(C)C)C1)C(N)=O. The van der Waals surface area contributed by atoms with Crippen molar-refractivity contribution < 1.29 is 4.79 Å². The second kappa shape index (κ2) is 7.25. The maximum absolute atomic E-state index is 11.6. The van der Waals surface area contributed by atoms with Crippen molar-refractivity contribution in [3.8, 4) is 0 Å². The zero-order valence-electron chi connectivity index (χ0n) is 13.0. The van der Waals surface area contributed by atoms with Crippen molar-refractivity contribution in [1.29, 1.82) is 0 Å². The quantitative estimate of drug-likeness (QED) is 0.703. The van der Waals surface area contributed by atoms with Gasteiger partial charge in [-0.1, -0.05) is 20.8 Å². The van der Waals surface area contributed by atoms with Crippen LogP contribution in [0.25, 0.3) is 0 Å². The molecule has 0 spiro atoms. The second-order valence-electron chi connectivity index (χ2n) is 6.47. The van der Waals surface area contributed by atoms with Crippen LogP contribution in [-0.4, -0.2) is 42.5 Å². The van der Waals surface area contributed by atoms with Crippen LogP contribution < -0.4 is 11.1 Å². The maximum Gasteiger partial charge on any atom is 0.237 e. The summed E-state index contributed by atoms with van der Waals surface area (Å²) in [6, 6.07) is 0. The van der Waals surface area contributed by atoms with Crippen LogP contribution in [0.1, 0.15) is 47.0 Å². The normalized spacial score (nSPS) is 23.7. The Morgan fingerprint density at radius 1 is 1.53 bits per heavy atom. The topological polar surface area (TPSA) is 58.4 Å². The van der Waals surface area contributed by atoms with Crippen LogP contribution in [0, 0.1) is 11.8 Å². The highest BCUT2D eigenvalue weighted by Gasteiger charge is 2.32. The molecule has 112 valence electrons. The molecule has 0 saturated carbocycles. The molecule has 0 aromatic heterocycles. The second-order valence-corrected chi connectivity index (χ2v) is 6.47. The van der Waals surface area contributed by atoms with Crippen LogP contribution in [-0.2, 0) is 4.79 Å². The molecule has 1 rings (SSSR count). The van der Waals surface area contributed by atoms with Gasteiger partial charge in [-0.2, -0.15) is 0 Å². The molecule has 2 unspecified atom stereocenters. The fourth-order valence-corrected chi connectivity index (χ4v) is 2.69. The Kier molecular flexibility index (Phi) is 6.27. The highest BCUT2D eigenvalue weighted by atomic mass is 16.1. The number of amides is 1. The van der Waals surface area contributed by atoms with Gasteiger partial charge in [-0.15, -0.1) is 0 Å². The van der Waals surface area contributed by atoms with E-state index in [9.17, 15) is 4.79 Å². The van der Waals surface area contributed by atoms with Gasteiger partial charge in [0.25, 0.3) is 0 Å². The number of nitrogens with zero attached hydrogens (tertiary/aromatic N) is 1. The molecule has 1 aliphatic heterocycles. The van der Waals surface area contributed by atoms with E-state index in [0.29, 0.717) is 0 Å². The molecule has 1 aliphatic rings. The number of carbonyl (C=O) groups is 1. The fraction of sp³-hybridized carbons (Fsp3) is 0.933. The molecule has 0 bridgehead atoms. The molecule has 19 heavy (non-hydrogen) atoms. The summed E-state index contributed by atoms with van der Waals surface area (Å²) in [7, 11) is 0. The van der Waals surface area contributed by atoms with Gasteiger partial charge in [0.05, 0.1) is 5.54 Å². The molecule has 1 fully saturated rings. The van der Waals surface area contributed by atoms with Crippen molar-refractivity contribution >= 4 is 5.91 Å². The molecule has 1 amide bonds. The number of hydrogen-bond acceptors (Lipinski definition) is 3. The summed E-state index contributed by atoms with van der Waals surface area (Å²) in [5.74, 6) is 1.33. The van der Waals surface area contributed by atoms with Crippen LogP contribution in [0.3, 0.4) is 0 Å². The summed E-state index contributed by atoms with van der Waals surface area (Å²) in [6.45, 7) is 12.7. The first-order valence-electron chi connectivity index (χ1n) is 7.66. The van der Waals surface area contributed by atoms with E-state index in [-0.39, 0.29) is 5.91 Å². The third kappa shape index (κ3) is 4.77. The molecule has 2 atom stereocenters. The Morgan fingerprint density at radius 3 is 2.68 bits per heavy atom. The number of likely N-dealkylation sites (tertiary alicyclic amines) is 1. The Bertz CT molecular complexity index is 293. The van der Waals surface area contributed by atoms with E-state index in [1.807, 2.05) is 6.92 Å². The van der Waals surface area contributed by atoms with Gasteiger partial charge in [0.15, 0.2) is 0 Å². The minimum absolute atomic E-state index is 0.236. The summed E-state index contributed by atoms with van der Waals surface area (Å²) in [5, 5.41) is 3.30. The predicted molar refractivity (Wildman–Crippen MR) is 79.9 cm³/mol. The van der Waals surface area contributed by atoms with Gasteiger partial charge in [-0.05, 0) is 51.1 Å². The van der Waals surface area contributed by atoms with Crippen molar-refractivity contribution in [3.63, 3.8) is 0 Å². The van der Waals surface area contributed by atoms with E-state index < -0.39 is 5.54 Å². The van der Waals surface area contributed by atoms with Crippen molar-refractivity contribution in [2.24, 2.45) is 17.6 Å². The Hall–Kier alpha value is -0.610. The minimum atomic E-state index is -0.564. The molecular weight excluding hydrogens is 238 g/mol. The molecular formula is C15H31N3O. The first kappa shape index (κ1) is 16.4. The molecule has 0 aromatic carbocycles. The van der Waals surface area contributed by atoms with E-state index in [4.69, 9.17) is 5.73 Å².